The highest BCUT2D eigenvalue weighted by atomic mass is 35.5. The van der Waals surface area contributed by atoms with Crippen molar-refractivity contribution in [3.8, 4) is 0 Å². The number of carbonyl (C=O) groups is 1. The Labute approximate surface area is 135 Å². The molecule has 5 heteroatoms. The quantitative estimate of drug-likeness (QED) is 0.790. The van der Waals surface area contributed by atoms with Crippen molar-refractivity contribution in [1.29, 1.82) is 0 Å². The van der Waals surface area contributed by atoms with E-state index in [1.54, 1.807) is 18.2 Å². The molecule has 1 aliphatic heterocycles. The van der Waals surface area contributed by atoms with Crippen LogP contribution in [0.4, 0.5) is 0 Å². The number of ketones is 1. The number of carbonyl (C=O) groups excluding carboxylic acids is 1. The molecule has 0 N–H and O–H groups in total. The number of halogens is 2. The SMILES string of the molecule is O=C(c1cc(Cl)ccc1Cl)C1(N2CCOCC2)CCCC1. The maximum atomic E-state index is 13.2. The molecule has 114 valence electrons. The Bertz CT molecular complexity index is 535. The fraction of sp³-hybridized carbons (Fsp3) is 0.562. The third-order valence-electron chi connectivity index (χ3n) is 4.64. The Hall–Kier alpha value is -0.610. The summed E-state index contributed by atoms with van der Waals surface area (Å²) in [5, 5.41) is 1.04. The molecule has 0 amide bonds. The van der Waals surface area contributed by atoms with E-state index in [-0.39, 0.29) is 5.78 Å². The van der Waals surface area contributed by atoms with Gasteiger partial charge in [-0.1, -0.05) is 36.0 Å². The normalized spacial score (nSPS) is 22.4. The van der Waals surface area contributed by atoms with E-state index < -0.39 is 5.54 Å². The zero-order chi connectivity index (χ0) is 14.9. The summed E-state index contributed by atoms with van der Waals surface area (Å²) in [5.41, 5.74) is 0.135. The van der Waals surface area contributed by atoms with Crippen LogP contribution in [0.2, 0.25) is 10.0 Å². The van der Waals surface area contributed by atoms with Gasteiger partial charge in [-0.05, 0) is 31.0 Å². The van der Waals surface area contributed by atoms with Crippen LogP contribution in [-0.2, 0) is 4.74 Å². The van der Waals surface area contributed by atoms with E-state index in [1.807, 2.05) is 0 Å². The fourth-order valence-electron chi connectivity index (χ4n) is 3.56. The van der Waals surface area contributed by atoms with Gasteiger partial charge >= 0.3 is 0 Å². The molecule has 3 rings (SSSR count). The number of nitrogens with zero attached hydrogens (tertiary/aromatic N) is 1. The van der Waals surface area contributed by atoms with E-state index in [4.69, 9.17) is 27.9 Å². The van der Waals surface area contributed by atoms with Crippen molar-refractivity contribution < 1.29 is 9.53 Å². The molecule has 0 spiro atoms. The van der Waals surface area contributed by atoms with Gasteiger partial charge in [-0.25, -0.2) is 0 Å². The Morgan fingerprint density at radius 1 is 1.14 bits per heavy atom. The van der Waals surface area contributed by atoms with Gasteiger partial charge < -0.3 is 4.74 Å². The first-order valence-electron chi connectivity index (χ1n) is 7.46. The number of morpholine rings is 1. The first kappa shape index (κ1) is 15.3. The van der Waals surface area contributed by atoms with Crippen molar-refractivity contribution >= 4 is 29.0 Å². The Kier molecular flexibility index (Phi) is 4.55. The van der Waals surface area contributed by atoms with Crippen LogP contribution in [0, 0.1) is 0 Å². The summed E-state index contributed by atoms with van der Waals surface area (Å²) in [4.78, 5) is 15.5. The van der Waals surface area contributed by atoms with Gasteiger partial charge in [-0.15, -0.1) is 0 Å². The predicted molar refractivity (Wildman–Crippen MR) is 84.4 cm³/mol. The van der Waals surface area contributed by atoms with E-state index in [0.717, 1.165) is 38.8 Å². The van der Waals surface area contributed by atoms with E-state index >= 15 is 0 Å². The molecule has 3 nitrogen and oxygen atoms in total. The molecule has 1 heterocycles. The van der Waals surface area contributed by atoms with Crippen LogP contribution in [0.3, 0.4) is 0 Å². The molecule has 1 saturated heterocycles. The number of hydrogen-bond donors (Lipinski definition) is 0. The highest BCUT2D eigenvalue weighted by Gasteiger charge is 2.47. The minimum atomic E-state index is -0.419. The Morgan fingerprint density at radius 3 is 2.48 bits per heavy atom. The lowest BCUT2D eigenvalue weighted by atomic mass is 9.85. The third-order valence-corrected chi connectivity index (χ3v) is 5.21. The van der Waals surface area contributed by atoms with Crippen LogP contribution in [0.25, 0.3) is 0 Å². The summed E-state index contributed by atoms with van der Waals surface area (Å²) in [6.45, 7) is 3.00. The van der Waals surface area contributed by atoms with E-state index in [9.17, 15) is 4.79 Å². The average molecular weight is 328 g/mol. The lowest BCUT2D eigenvalue weighted by Crippen LogP contribution is -2.56. The standard InChI is InChI=1S/C16H19Cl2NO2/c17-12-3-4-14(18)13(11-12)15(20)16(5-1-2-6-16)19-7-9-21-10-8-19/h3-4,11H,1-2,5-10H2. The Morgan fingerprint density at radius 2 is 1.81 bits per heavy atom. The second-order valence-electron chi connectivity index (χ2n) is 5.79. The molecule has 0 radical (unpaired) electrons. The molecule has 1 saturated carbocycles. The highest BCUT2D eigenvalue weighted by Crippen LogP contribution is 2.40. The van der Waals surface area contributed by atoms with Crippen molar-refractivity contribution in [2.24, 2.45) is 0 Å². The summed E-state index contributed by atoms with van der Waals surface area (Å²) in [7, 11) is 0. The Balaban J connectivity index is 1.96. The second kappa shape index (κ2) is 6.25. The summed E-state index contributed by atoms with van der Waals surface area (Å²) < 4.78 is 5.43. The number of ether oxygens (including phenoxy) is 1. The monoisotopic (exact) mass is 327 g/mol. The van der Waals surface area contributed by atoms with Gasteiger partial charge in [-0.3, -0.25) is 9.69 Å². The maximum Gasteiger partial charge on any atom is 0.184 e. The summed E-state index contributed by atoms with van der Waals surface area (Å²) in [6, 6.07) is 5.13. The zero-order valence-electron chi connectivity index (χ0n) is 11.9. The number of benzene rings is 1. The van der Waals surface area contributed by atoms with Gasteiger partial charge in [0.25, 0.3) is 0 Å². The molecule has 2 aliphatic rings. The van der Waals surface area contributed by atoms with Crippen molar-refractivity contribution in [3.63, 3.8) is 0 Å². The largest absolute Gasteiger partial charge is 0.379 e. The molecule has 0 aromatic heterocycles. The summed E-state index contributed by atoms with van der Waals surface area (Å²) in [6.07, 6.45) is 3.96. The van der Waals surface area contributed by atoms with E-state index in [2.05, 4.69) is 4.90 Å². The van der Waals surface area contributed by atoms with Crippen LogP contribution in [0.5, 0.6) is 0 Å². The van der Waals surface area contributed by atoms with Gasteiger partial charge in [0.1, 0.15) is 0 Å². The van der Waals surface area contributed by atoms with Crippen LogP contribution in [0.1, 0.15) is 36.0 Å². The van der Waals surface area contributed by atoms with Crippen LogP contribution in [-0.4, -0.2) is 42.5 Å². The smallest absolute Gasteiger partial charge is 0.184 e. The van der Waals surface area contributed by atoms with E-state index in [0.29, 0.717) is 28.8 Å². The zero-order valence-corrected chi connectivity index (χ0v) is 13.4. The molecule has 1 aromatic rings. The molecule has 1 aliphatic carbocycles. The lowest BCUT2D eigenvalue weighted by Gasteiger charge is -2.42. The average Bonchev–Trinajstić information content (AvgIpc) is 3.01. The van der Waals surface area contributed by atoms with Gasteiger partial charge in [0, 0.05) is 23.7 Å². The van der Waals surface area contributed by atoms with Gasteiger partial charge in [0.2, 0.25) is 0 Å². The van der Waals surface area contributed by atoms with Gasteiger partial charge in [0.05, 0.1) is 23.8 Å². The van der Waals surface area contributed by atoms with Crippen molar-refractivity contribution in [2.45, 2.75) is 31.2 Å². The molecule has 1 aromatic carbocycles. The topological polar surface area (TPSA) is 29.5 Å². The lowest BCUT2D eigenvalue weighted by molar-refractivity contribution is -0.0130. The third kappa shape index (κ3) is 2.85. The van der Waals surface area contributed by atoms with Gasteiger partial charge in [0.15, 0.2) is 5.78 Å². The second-order valence-corrected chi connectivity index (χ2v) is 6.64. The summed E-state index contributed by atoms with van der Waals surface area (Å²) >= 11 is 12.3. The fourth-order valence-corrected chi connectivity index (χ4v) is 3.94. The molecule has 0 bridgehead atoms. The molecule has 21 heavy (non-hydrogen) atoms. The van der Waals surface area contributed by atoms with Crippen molar-refractivity contribution in [1.82, 2.24) is 4.90 Å². The number of hydrogen-bond acceptors (Lipinski definition) is 3. The summed E-state index contributed by atoms with van der Waals surface area (Å²) in [5.74, 6) is 0.120. The van der Waals surface area contributed by atoms with E-state index in [1.165, 1.54) is 0 Å². The molecular weight excluding hydrogens is 309 g/mol. The predicted octanol–water partition coefficient (Wildman–Crippen LogP) is 3.82. The molecule has 0 unspecified atom stereocenters. The minimum Gasteiger partial charge on any atom is -0.379 e. The number of rotatable bonds is 3. The minimum absolute atomic E-state index is 0.120. The highest BCUT2D eigenvalue weighted by molar-refractivity contribution is 6.36. The number of Topliss-reactive ketones (excluding diaryl/α,β-unsaturated/α-hetero) is 1. The first-order chi connectivity index (χ1) is 10.1. The van der Waals surface area contributed by atoms with Crippen molar-refractivity contribution in [3.05, 3.63) is 33.8 Å². The van der Waals surface area contributed by atoms with Crippen LogP contribution in [0.15, 0.2) is 18.2 Å². The van der Waals surface area contributed by atoms with Crippen LogP contribution >= 0.6 is 23.2 Å². The first-order valence-corrected chi connectivity index (χ1v) is 8.22. The maximum absolute atomic E-state index is 13.2. The van der Waals surface area contributed by atoms with Gasteiger partial charge in [-0.2, -0.15) is 0 Å². The van der Waals surface area contributed by atoms with Crippen molar-refractivity contribution in [2.75, 3.05) is 26.3 Å². The molecule has 2 fully saturated rings. The van der Waals surface area contributed by atoms with Crippen LogP contribution < -0.4 is 0 Å². The molecule has 0 atom stereocenters. The molecular formula is C16H19Cl2NO2.